The van der Waals surface area contributed by atoms with Gasteiger partial charge in [-0.05, 0) is 32.4 Å². The van der Waals surface area contributed by atoms with Crippen LogP contribution in [0.5, 0.6) is 0 Å². The normalized spacial score (nSPS) is 21.9. The van der Waals surface area contributed by atoms with Gasteiger partial charge in [-0.2, -0.15) is 0 Å². The number of benzene rings is 1. The largest absolute Gasteiger partial charge is 0.444 e. The summed E-state index contributed by atoms with van der Waals surface area (Å²) in [5.74, 6) is -0.151. The second-order valence-corrected chi connectivity index (χ2v) is 6.30. The molecule has 0 aliphatic carbocycles. The van der Waals surface area contributed by atoms with Crippen LogP contribution < -0.4 is 0 Å². The average Bonchev–Trinajstić information content (AvgIpc) is 2.70. The van der Waals surface area contributed by atoms with Crippen molar-refractivity contribution in [2.24, 2.45) is 0 Å². The van der Waals surface area contributed by atoms with E-state index in [0.717, 1.165) is 5.56 Å². The lowest BCUT2D eigenvalue weighted by molar-refractivity contribution is -0.128. The maximum absolute atomic E-state index is 12.6. The highest BCUT2D eigenvalue weighted by Crippen LogP contribution is 2.34. The molecular weight excluding hydrogens is 280 g/mol. The molecule has 1 fully saturated rings. The van der Waals surface area contributed by atoms with Crippen molar-refractivity contribution in [3.8, 4) is 0 Å². The number of nitrogens with zero attached hydrogens (tertiary/aromatic N) is 2. The molecule has 0 N–H and O–H groups in total. The van der Waals surface area contributed by atoms with E-state index in [1.165, 1.54) is 9.80 Å². The second-order valence-electron chi connectivity index (χ2n) is 6.30. The Kier molecular flexibility index (Phi) is 4.26. The van der Waals surface area contributed by atoms with Crippen LogP contribution in [0.15, 0.2) is 43.0 Å². The molecule has 0 unspecified atom stereocenters. The van der Waals surface area contributed by atoms with Crippen molar-refractivity contribution in [1.29, 1.82) is 0 Å². The smallest absolute Gasteiger partial charge is 0.413 e. The molecule has 1 aromatic rings. The summed E-state index contributed by atoms with van der Waals surface area (Å²) in [5, 5.41) is 0. The first-order valence-electron chi connectivity index (χ1n) is 7.22. The molecule has 1 aromatic carbocycles. The zero-order valence-corrected chi connectivity index (χ0v) is 13.4. The van der Waals surface area contributed by atoms with Gasteiger partial charge < -0.3 is 9.64 Å². The highest BCUT2D eigenvalue weighted by molar-refractivity contribution is 5.90. The van der Waals surface area contributed by atoms with Crippen molar-refractivity contribution >= 4 is 12.0 Å². The Bertz CT molecular complexity index is 577. The standard InChI is InChI=1S/C17H22N2O3/c1-6-13-18(5)15(20)14(12-10-8-7-9-11-12)19(13)16(21)22-17(2,3)4/h6-11,13-14H,1H2,2-5H3/t13-,14-/m0/s1. The maximum atomic E-state index is 12.6. The minimum absolute atomic E-state index is 0.151. The van der Waals surface area contributed by atoms with Crippen LogP contribution in [0.1, 0.15) is 32.4 Å². The monoisotopic (exact) mass is 302 g/mol. The number of hydrogen-bond acceptors (Lipinski definition) is 3. The second kappa shape index (κ2) is 5.83. The summed E-state index contributed by atoms with van der Waals surface area (Å²) in [6.45, 7) is 9.14. The number of carbonyl (C=O) groups excluding carboxylic acids is 2. The van der Waals surface area contributed by atoms with Gasteiger partial charge in [-0.25, -0.2) is 4.79 Å². The number of rotatable bonds is 2. The number of amides is 2. The van der Waals surface area contributed by atoms with Gasteiger partial charge in [-0.1, -0.05) is 36.9 Å². The third-order valence-corrected chi connectivity index (χ3v) is 3.47. The van der Waals surface area contributed by atoms with Gasteiger partial charge in [0.25, 0.3) is 5.91 Å². The molecule has 0 aromatic heterocycles. The maximum Gasteiger partial charge on any atom is 0.413 e. The van der Waals surface area contributed by atoms with E-state index >= 15 is 0 Å². The van der Waals surface area contributed by atoms with E-state index in [2.05, 4.69) is 6.58 Å². The highest BCUT2D eigenvalue weighted by atomic mass is 16.6. The molecule has 0 radical (unpaired) electrons. The van der Waals surface area contributed by atoms with E-state index in [1.54, 1.807) is 33.9 Å². The molecule has 2 amide bonds. The Morgan fingerprint density at radius 2 is 1.86 bits per heavy atom. The fraction of sp³-hybridized carbons (Fsp3) is 0.412. The Hall–Kier alpha value is -2.30. The molecule has 5 heteroatoms. The van der Waals surface area contributed by atoms with Crippen LogP contribution in [0.25, 0.3) is 0 Å². The Morgan fingerprint density at radius 1 is 1.27 bits per heavy atom. The molecule has 1 aliphatic heterocycles. The molecule has 118 valence electrons. The predicted molar refractivity (Wildman–Crippen MR) is 84.0 cm³/mol. The van der Waals surface area contributed by atoms with Crippen LogP contribution in [0.4, 0.5) is 4.79 Å². The number of carbonyl (C=O) groups is 2. The van der Waals surface area contributed by atoms with Gasteiger partial charge in [0.15, 0.2) is 0 Å². The zero-order chi connectivity index (χ0) is 16.5. The summed E-state index contributed by atoms with van der Waals surface area (Å²) in [4.78, 5) is 28.1. The lowest BCUT2D eigenvalue weighted by Gasteiger charge is -2.30. The number of hydrogen-bond donors (Lipinski definition) is 0. The van der Waals surface area contributed by atoms with Crippen LogP contribution in [-0.2, 0) is 9.53 Å². The molecular formula is C17H22N2O3. The Morgan fingerprint density at radius 3 is 2.36 bits per heavy atom. The third-order valence-electron chi connectivity index (χ3n) is 3.47. The van der Waals surface area contributed by atoms with Crippen molar-refractivity contribution in [2.75, 3.05) is 7.05 Å². The quantitative estimate of drug-likeness (QED) is 0.789. The Labute approximate surface area is 131 Å². The minimum Gasteiger partial charge on any atom is -0.444 e. The summed E-state index contributed by atoms with van der Waals surface area (Å²) in [6, 6.07) is 8.53. The molecule has 2 atom stereocenters. The van der Waals surface area contributed by atoms with E-state index in [1.807, 2.05) is 30.3 Å². The third kappa shape index (κ3) is 2.98. The van der Waals surface area contributed by atoms with E-state index in [9.17, 15) is 9.59 Å². The minimum atomic E-state index is -0.691. The summed E-state index contributed by atoms with van der Waals surface area (Å²) in [6.07, 6.45) is 0.529. The zero-order valence-electron chi connectivity index (χ0n) is 13.4. The summed E-state index contributed by atoms with van der Waals surface area (Å²) < 4.78 is 5.46. The van der Waals surface area contributed by atoms with Gasteiger partial charge in [0.1, 0.15) is 17.8 Å². The first-order valence-corrected chi connectivity index (χ1v) is 7.22. The summed E-state index contributed by atoms with van der Waals surface area (Å²) in [5.41, 5.74) is 0.128. The fourth-order valence-corrected chi connectivity index (χ4v) is 2.52. The highest BCUT2D eigenvalue weighted by Gasteiger charge is 2.47. The van der Waals surface area contributed by atoms with Crippen LogP contribution in [0.2, 0.25) is 0 Å². The van der Waals surface area contributed by atoms with E-state index in [4.69, 9.17) is 4.74 Å². The van der Waals surface area contributed by atoms with Gasteiger partial charge >= 0.3 is 6.09 Å². The van der Waals surface area contributed by atoms with Crippen molar-refractivity contribution < 1.29 is 14.3 Å². The number of ether oxygens (including phenoxy) is 1. The van der Waals surface area contributed by atoms with Gasteiger partial charge in [0.05, 0.1) is 0 Å². The average molecular weight is 302 g/mol. The molecule has 0 bridgehead atoms. The van der Waals surface area contributed by atoms with E-state index in [0.29, 0.717) is 0 Å². The molecule has 0 spiro atoms. The molecule has 2 rings (SSSR count). The molecule has 1 heterocycles. The molecule has 1 saturated heterocycles. The van der Waals surface area contributed by atoms with Crippen LogP contribution in [-0.4, -0.2) is 40.6 Å². The van der Waals surface area contributed by atoms with E-state index in [-0.39, 0.29) is 5.91 Å². The first kappa shape index (κ1) is 16.1. The van der Waals surface area contributed by atoms with Crippen LogP contribution >= 0.6 is 0 Å². The molecule has 5 nitrogen and oxygen atoms in total. The van der Waals surface area contributed by atoms with Crippen molar-refractivity contribution in [3.63, 3.8) is 0 Å². The number of likely N-dealkylation sites (N-methyl/N-ethyl adjacent to an activating group) is 1. The van der Waals surface area contributed by atoms with Crippen LogP contribution in [0, 0.1) is 0 Å². The Balaban J connectivity index is 2.42. The molecule has 0 saturated carbocycles. The van der Waals surface area contributed by atoms with Crippen molar-refractivity contribution in [2.45, 2.75) is 38.6 Å². The van der Waals surface area contributed by atoms with Gasteiger partial charge in [0.2, 0.25) is 0 Å². The van der Waals surface area contributed by atoms with Gasteiger partial charge in [-0.3, -0.25) is 9.69 Å². The fourth-order valence-electron chi connectivity index (χ4n) is 2.52. The predicted octanol–water partition coefficient (Wildman–Crippen LogP) is 2.95. The van der Waals surface area contributed by atoms with Crippen molar-refractivity contribution in [1.82, 2.24) is 9.80 Å². The molecule has 1 aliphatic rings. The van der Waals surface area contributed by atoms with Gasteiger partial charge in [-0.15, -0.1) is 0 Å². The molecule has 22 heavy (non-hydrogen) atoms. The van der Waals surface area contributed by atoms with E-state index < -0.39 is 23.9 Å². The lowest BCUT2D eigenvalue weighted by atomic mass is 10.1. The van der Waals surface area contributed by atoms with Crippen molar-refractivity contribution in [3.05, 3.63) is 48.6 Å². The van der Waals surface area contributed by atoms with Crippen LogP contribution in [0.3, 0.4) is 0 Å². The lowest BCUT2D eigenvalue weighted by Crippen LogP contribution is -2.43. The summed E-state index contributed by atoms with van der Waals surface area (Å²) in [7, 11) is 1.66. The summed E-state index contributed by atoms with van der Waals surface area (Å²) >= 11 is 0. The first-order chi connectivity index (χ1) is 10.3. The van der Waals surface area contributed by atoms with Gasteiger partial charge in [0, 0.05) is 7.05 Å². The topological polar surface area (TPSA) is 49.9 Å². The SMILES string of the molecule is C=C[C@H]1N(C)C(=O)[C@H](c2ccccc2)N1C(=O)OC(C)(C)C.